The first kappa shape index (κ1) is 15.2. The molecule has 0 heterocycles. The fourth-order valence-corrected chi connectivity index (χ4v) is 1.57. The number of hydrogen-bond acceptors (Lipinski definition) is 4. The van der Waals surface area contributed by atoms with E-state index in [9.17, 15) is 14.9 Å². The van der Waals surface area contributed by atoms with Gasteiger partial charge >= 0.3 is 6.09 Å². The second kappa shape index (κ2) is 5.88. The van der Waals surface area contributed by atoms with Crippen LogP contribution in [0.2, 0.25) is 5.02 Å². The molecule has 1 amide bonds. The third kappa shape index (κ3) is 5.56. The number of nitro groups is 1. The van der Waals surface area contributed by atoms with E-state index in [0.29, 0.717) is 11.3 Å². The predicted octanol–water partition coefficient (Wildman–Crippen LogP) is 3.46. The maximum Gasteiger partial charge on any atom is 0.412 e. The highest BCUT2D eigenvalue weighted by Crippen LogP contribution is 2.24. The van der Waals surface area contributed by atoms with Crippen LogP contribution in [0.1, 0.15) is 26.3 Å². The molecule has 1 aromatic rings. The van der Waals surface area contributed by atoms with Crippen LogP contribution < -0.4 is 5.32 Å². The molecule has 1 rings (SSSR count). The highest BCUT2D eigenvalue weighted by Gasteiger charge is 2.17. The summed E-state index contributed by atoms with van der Waals surface area (Å²) in [6.45, 7) is 4.92. The Morgan fingerprint density at radius 3 is 2.58 bits per heavy atom. The molecule has 0 aliphatic heterocycles. The number of anilines is 1. The molecule has 1 aromatic carbocycles. The fourth-order valence-electron chi connectivity index (χ4n) is 1.32. The van der Waals surface area contributed by atoms with Crippen LogP contribution in [0, 0.1) is 10.1 Å². The Kier molecular flexibility index (Phi) is 4.72. The summed E-state index contributed by atoms with van der Waals surface area (Å²) in [5.74, 6) is 0. The molecule has 0 fully saturated rings. The van der Waals surface area contributed by atoms with E-state index in [-0.39, 0.29) is 11.6 Å². The summed E-state index contributed by atoms with van der Waals surface area (Å²) >= 11 is 5.94. The summed E-state index contributed by atoms with van der Waals surface area (Å²) in [6, 6.07) is 4.48. The number of ether oxygens (including phenoxy) is 1. The van der Waals surface area contributed by atoms with Crippen molar-refractivity contribution in [2.75, 3.05) is 5.32 Å². The molecular formula is C12H15ClN2O4. The first-order chi connectivity index (χ1) is 8.67. The Labute approximate surface area is 115 Å². The van der Waals surface area contributed by atoms with E-state index in [0.717, 1.165) is 0 Å². The van der Waals surface area contributed by atoms with Crippen LogP contribution in [0.4, 0.5) is 10.5 Å². The summed E-state index contributed by atoms with van der Waals surface area (Å²) in [7, 11) is 0. The molecule has 0 aliphatic carbocycles. The van der Waals surface area contributed by atoms with Crippen molar-refractivity contribution in [3.05, 3.63) is 38.9 Å². The lowest BCUT2D eigenvalue weighted by molar-refractivity contribution is -0.496. The minimum atomic E-state index is -0.628. The van der Waals surface area contributed by atoms with E-state index in [4.69, 9.17) is 16.3 Å². The number of nitrogens with zero attached hydrogens (tertiary/aromatic N) is 1. The zero-order valence-electron chi connectivity index (χ0n) is 10.9. The molecule has 0 unspecified atom stereocenters. The average Bonchev–Trinajstić information content (AvgIpc) is 2.18. The van der Waals surface area contributed by atoms with Crippen molar-refractivity contribution >= 4 is 23.4 Å². The highest BCUT2D eigenvalue weighted by molar-refractivity contribution is 6.33. The summed E-state index contributed by atoms with van der Waals surface area (Å²) in [4.78, 5) is 21.5. The van der Waals surface area contributed by atoms with E-state index in [2.05, 4.69) is 5.32 Å². The first-order valence-electron chi connectivity index (χ1n) is 5.57. The summed E-state index contributed by atoms with van der Waals surface area (Å²) in [5, 5.41) is 13.1. The lowest BCUT2D eigenvalue weighted by Crippen LogP contribution is -2.27. The molecule has 6 nitrogen and oxygen atoms in total. The zero-order valence-corrected chi connectivity index (χ0v) is 11.7. The van der Waals surface area contributed by atoms with Gasteiger partial charge in [-0.05, 0) is 32.9 Å². The van der Waals surface area contributed by atoms with Gasteiger partial charge in [0.2, 0.25) is 6.54 Å². The monoisotopic (exact) mass is 286 g/mol. The Hall–Kier alpha value is -1.82. The molecule has 0 atom stereocenters. The van der Waals surface area contributed by atoms with Crippen LogP contribution in [-0.4, -0.2) is 16.6 Å². The van der Waals surface area contributed by atoms with Gasteiger partial charge in [-0.3, -0.25) is 15.4 Å². The van der Waals surface area contributed by atoms with Gasteiger partial charge in [-0.25, -0.2) is 4.79 Å². The largest absolute Gasteiger partial charge is 0.444 e. The topological polar surface area (TPSA) is 81.5 Å². The molecule has 1 N–H and O–H groups in total. The molecule has 0 saturated heterocycles. The van der Waals surface area contributed by atoms with Gasteiger partial charge in [-0.1, -0.05) is 17.7 Å². The lowest BCUT2D eigenvalue weighted by atomic mass is 10.2. The van der Waals surface area contributed by atoms with Crippen LogP contribution in [-0.2, 0) is 11.3 Å². The Balaban J connectivity index is 2.75. The molecule has 104 valence electrons. The first-order valence-corrected chi connectivity index (χ1v) is 5.95. The van der Waals surface area contributed by atoms with Gasteiger partial charge < -0.3 is 4.74 Å². The average molecular weight is 287 g/mol. The third-order valence-corrected chi connectivity index (χ3v) is 2.29. The Morgan fingerprint density at radius 2 is 2.11 bits per heavy atom. The zero-order chi connectivity index (χ0) is 14.6. The minimum Gasteiger partial charge on any atom is -0.444 e. The number of carbonyl (C=O) groups is 1. The fraction of sp³-hybridized carbons (Fsp3) is 0.417. The number of benzene rings is 1. The van der Waals surface area contributed by atoms with Crippen molar-refractivity contribution < 1.29 is 14.5 Å². The van der Waals surface area contributed by atoms with E-state index < -0.39 is 16.6 Å². The second-order valence-electron chi connectivity index (χ2n) is 4.93. The van der Waals surface area contributed by atoms with E-state index in [1.54, 1.807) is 20.8 Å². The quantitative estimate of drug-likeness (QED) is 0.681. The van der Waals surface area contributed by atoms with Crippen LogP contribution in [0.3, 0.4) is 0 Å². The molecule has 0 aliphatic rings. The van der Waals surface area contributed by atoms with Crippen LogP contribution in [0.15, 0.2) is 18.2 Å². The molecule has 0 spiro atoms. The van der Waals surface area contributed by atoms with Crippen molar-refractivity contribution in [1.82, 2.24) is 0 Å². The second-order valence-corrected chi connectivity index (χ2v) is 5.34. The number of nitrogens with one attached hydrogen (secondary N) is 1. The van der Waals surface area contributed by atoms with Crippen LogP contribution in [0.25, 0.3) is 0 Å². The van der Waals surface area contributed by atoms with Crippen molar-refractivity contribution in [3.8, 4) is 0 Å². The van der Waals surface area contributed by atoms with Gasteiger partial charge in [0.05, 0.1) is 10.7 Å². The van der Waals surface area contributed by atoms with E-state index in [1.807, 2.05) is 0 Å². The molecule has 0 aromatic heterocycles. The lowest BCUT2D eigenvalue weighted by Gasteiger charge is -2.20. The summed E-state index contributed by atoms with van der Waals surface area (Å²) < 4.78 is 5.07. The minimum absolute atomic E-state index is 0.227. The van der Waals surface area contributed by atoms with E-state index >= 15 is 0 Å². The molecule has 7 heteroatoms. The molecule has 0 saturated carbocycles. The summed E-state index contributed by atoms with van der Waals surface area (Å²) in [6.07, 6.45) is -0.628. The summed E-state index contributed by atoms with van der Waals surface area (Å²) in [5.41, 5.74) is 0.204. The normalized spacial score (nSPS) is 10.9. The van der Waals surface area contributed by atoms with Gasteiger partial charge in [-0.2, -0.15) is 0 Å². The molecular weight excluding hydrogens is 272 g/mol. The van der Waals surface area contributed by atoms with Gasteiger partial charge in [-0.15, -0.1) is 0 Å². The van der Waals surface area contributed by atoms with Crippen molar-refractivity contribution in [3.63, 3.8) is 0 Å². The maximum atomic E-state index is 11.5. The number of rotatable bonds is 3. The Bertz CT molecular complexity index is 497. The standard InChI is InChI=1S/C12H15ClN2O4/c1-12(2,3)19-11(16)14-10-5-4-8(6-9(10)13)7-15(17)18/h4-6H,7H2,1-3H3,(H,14,16). The number of halogens is 1. The van der Waals surface area contributed by atoms with Crippen LogP contribution in [0.5, 0.6) is 0 Å². The van der Waals surface area contributed by atoms with Gasteiger partial charge in [0, 0.05) is 10.5 Å². The Morgan fingerprint density at radius 1 is 1.47 bits per heavy atom. The number of carbonyl (C=O) groups excluding carboxylic acids is 1. The maximum absolute atomic E-state index is 11.5. The molecule has 0 radical (unpaired) electrons. The number of hydrogen-bond donors (Lipinski definition) is 1. The number of amides is 1. The van der Waals surface area contributed by atoms with E-state index in [1.165, 1.54) is 18.2 Å². The van der Waals surface area contributed by atoms with Gasteiger partial charge in [0.1, 0.15) is 5.60 Å². The SMILES string of the molecule is CC(C)(C)OC(=O)Nc1ccc(C[N+](=O)[O-])cc1Cl. The predicted molar refractivity (Wildman–Crippen MR) is 72.0 cm³/mol. The van der Waals surface area contributed by atoms with Gasteiger partial charge in [0.15, 0.2) is 0 Å². The van der Waals surface area contributed by atoms with Crippen molar-refractivity contribution in [2.24, 2.45) is 0 Å². The van der Waals surface area contributed by atoms with Crippen LogP contribution >= 0.6 is 11.6 Å². The smallest absolute Gasteiger partial charge is 0.412 e. The molecule has 19 heavy (non-hydrogen) atoms. The molecule has 0 bridgehead atoms. The van der Waals surface area contributed by atoms with Gasteiger partial charge in [0.25, 0.3) is 0 Å². The highest BCUT2D eigenvalue weighted by atomic mass is 35.5. The third-order valence-electron chi connectivity index (χ3n) is 1.98. The van der Waals surface area contributed by atoms with Crippen molar-refractivity contribution in [1.29, 1.82) is 0 Å². The van der Waals surface area contributed by atoms with Crippen molar-refractivity contribution in [2.45, 2.75) is 32.9 Å².